The number of aryl methyl sites for hydroxylation is 2. The van der Waals surface area contributed by atoms with E-state index in [2.05, 4.69) is 10.4 Å². The van der Waals surface area contributed by atoms with Crippen LogP contribution in [0.5, 0.6) is 0 Å². The van der Waals surface area contributed by atoms with Gasteiger partial charge in [-0.25, -0.2) is 0 Å². The smallest absolute Gasteiger partial charge is 0.251 e. The Morgan fingerprint density at radius 3 is 2.92 bits per heavy atom. The van der Waals surface area contributed by atoms with E-state index in [0.717, 1.165) is 5.69 Å². The summed E-state index contributed by atoms with van der Waals surface area (Å²) in [7, 11) is 1.72. The first-order chi connectivity index (χ1) is 5.63. The van der Waals surface area contributed by atoms with Gasteiger partial charge in [-0.1, -0.05) is 0 Å². The lowest BCUT2D eigenvalue weighted by Crippen LogP contribution is -2.17. The summed E-state index contributed by atoms with van der Waals surface area (Å²) in [5.41, 5.74) is 0.825. The third-order valence-corrected chi connectivity index (χ3v) is 1.41. The van der Waals surface area contributed by atoms with Crippen molar-refractivity contribution in [1.82, 2.24) is 9.78 Å². The van der Waals surface area contributed by atoms with Crippen LogP contribution in [0.1, 0.15) is 5.69 Å². The number of nitrogens with one attached hydrogen (secondary N) is 1. The highest BCUT2D eigenvalue weighted by molar-refractivity contribution is 5.90. The van der Waals surface area contributed by atoms with E-state index in [1.807, 2.05) is 6.92 Å². The average Bonchev–Trinajstić information content (AvgIpc) is 2.30. The van der Waals surface area contributed by atoms with Crippen LogP contribution in [0.15, 0.2) is 6.07 Å². The third-order valence-electron chi connectivity index (χ3n) is 1.41. The lowest BCUT2D eigenvalue weighted by Gasteiger charge is -2.01. The van der Waals surface area contributed by atoms with Gasteiger partial charge in [-0.05, 0) is 6.92 Å². The van der Waals surface area contributed by atoms with Crippen LogP contribution in [0.25, 0.3) is 0 Å². The zero-order valence-electron chi connectivity index (χ0n) is 7.03. The fourth-order valence-electron chi connectivity index (χ4n) is 0.910. The highest BCUT2D eigenvalue weighted by Gasteiger charge is 2.04. The van der Waals surface area contributed by atoms with Gasteiger partial charge in [-0.3, -0.25) is 9.48 Å². The third kappa shape index (κ3) is 1.82. The summed E-state index contributed by atoms with van der Waals surface area (Å²) in [5.74, 6) is 0.157. The van der Waals surface area contributed by atoms with Crippen molar-refractivity contribution < 1.29 is 9.90 Å². The zero-order valence-corrected chi connectivity index (χ0v) is 7.03. The van der Waals surface area contributed by atoms with Crippen LogP contribution in [-0.2, 0) is 11.8 Å². The summed E-state index contributed by atoms with van der Waals surface area (Å²) in [5, 5.41) is 15.0. The van der Waals surface area contributed by atoms with Crippen LogP contribution in [0.2, 0.25) is 0 Å². The lowest BCUT2D eigenvalue weighted by molar-refractivity contribution is -0.118. The summed E-state index contributed by atoms with van der Waals surface area (Å²) in [6, 6.07) is 1.73. The molecule has 0 fully saturated rings. The molecule has 5 heteroatoms. The van der Waals surface area contributed by atoms with Crippen molar-refractivity contribution in [2.45, 2.75) is 6.92 Å². The van der Waals surface area contributed by atoms with Gasteiger partial charge in [0.2, 0.25) is 0 Å². The van der Waals surface area contributed by atoms with E-state index in [4.69, 9.17) is 5.11 Å². The Balaban J connectivity index is 2.75. The van der Waals surface area contributed by atoms with Gasteiger partial charge in [-0.2, -0.15) is 5.10 Å². The van der Waals surface area contributed by atoms with Gasteiger partial charge < -0.3 is 10.4 Å². The molecule has 0 aliphatic rings. The molecule has 2 N–H and O–H groups in total. The van der Waals surface area contributed by atoms with Crippen LogP contribution in [0, 0.1) is 6.92 Å². The molecule has 5 nitrogen and oxygen atoms in total. The fraction of sp³-hybridized carbons (Fsp3) is 0.429. The minimum absolute atomic E-state index is 0.432. The summed E-state index contributed by atoms with van der Waals surface area (Å²) >= 11 is 0. The van der Waals surface area contributed by atoms with E-state index in [1.54, 1.807) is 17.8 Å². The van der Waals surface area contributed by atoms with Crippen LogP contribution in [0.3, 0.4) is 0 Å². The molecule has 1 aromatic heterocycles. The highest BCUT2D eigenvalue weighted by Crippen LogP contribution is 2.06. The van der Waals surface area contributed by atoms with Crippen molar-refractivity contribution >= 4 is 11.7 Å². The average molecular weight is 169 g/mol. The van der Waals surface area contributed by atoms with Gasteiger partial charge in [0.25, 0.3) is 5.91 Å². The maximum Gasteiger partial charge on any atom is 0.251 e. The second-order valence-electron chi connectivity index (χ2n) is 2.50. The number of nitrogens with zero attached hydrogens (tertiary/aromatic N) is 2. The first-order valence-corrected chi connectivity index (χ1v) is 3.55. The Hall–Kier alpha value is -1.36. The van der Waals surface area contributed by atoms with Gasteiger partial charge in [0.05, 0.1) is 5.69 Å². The molecule has 0 atom stereocenters. The van der Waals surface area contributed by atoms with Crippen molar-refractivity contribution in [3.8, 4) is 0 Å². The molecule has 12 heavy (non-hydrogen) atoms. The van der Waals surface area contributed by atoms with Gasteiger partial charge in [0.15, 0.2) is 0 Å². The largest absolute Gasteiger partial charge is 0.387 e. The molecule has 0 saturated carbocycles. The van der Waals surface area contributed by atoms with E-state index in [9.17, 15) is 4.79 Å². The summed E-state index contributed by atoms with van der Waals surface area (Å²) in [6.45, 7) is 1.32. The maximum atomic E-state index is 10.7. The van der Waals surface area contributed by atoms with E-state index in [0.29, 0.717) is 5.82 Å². The number of hydrogen-bond acceptors (Lipinski definition) is 3. The van der Waals surface area contributed by atoms with Crippen LogP contribution < -0.4 is 5.32 Å². The molecule has 1 amide bonds. The topological polar surface area (TPSA) is 67.2 Å². The quantitative estimate of drug-likeness (QED) is 0.636. The van der Waals surface area contributed by atoms with Crippen molar-refractivity contribution in [3.05, 3.63) is 11.8 Å². The lowest BCUT2D eigenvalue weighted by atomic mass is 10.4. The number of aliphatic hydroxyl groups is 1. The second-order valence-corrected chi connectivity index (χ2v) is 2.50. The Labute approximate surface area is 70.0 Å². The normalized spacial score (nSPS) is 9.92. The molecular formula is C7H11N3O2. The minimum Gasteiger partial charge on any atom is -0.387 e. The molecule has 0 radical (unpaired) electrons. The van der Waals surface area contributed by atoms with E-state index >= 15 is 0 Å². The molecule has 0 saturated heterocycles. The predicted octanol–water partition coefficient (Wildman–Crippen LogP) is -0.341. The maximum absolute atomic E-state index is 10.7. The van der Waals surface area contributed by atoms with Crippen molar-refractivity contribution in [3.63, 3.8) is 0 Å². The van der Waals surface area contributed by atoms with Crippen molar-refractivity contribution in [1.29, 1.82) is 0 Å². The Bertz CT molecular complexity index is 293. The highest BCUT2D eigenvalue weighted by atomic mass is 16.3. The molecule has 1 aromatic rings. The number of amides is 1. The SMILES string of the molecule is Cc1cc(NC(=O)CO)n(C)n1. The number of hydrogen-bond donors (Lipinski definition) is 2. The summed E-state index contributed by atoms with van der Waals surface area (Å²) in [6.07, 6.45) is 0. The second kappa shape index (κ2) is 3.36. The molecule has 0 aliphatic heterocycles. The first kappa shape index (κ1) is 8.73. The van der Waals surface area contributed by atoms with Crippen molar-refractivity contribution in [2.75, 3.05) is 11.9 Å². The molecule has 66 valence electrons. The number of carbonyl (C=O) groups excluding carboxylic acids is 1. The van der Waals surface area contributed by atoms with E-state index in [-0.39, 0.29) is 0 Å². The van der Waals surface area contributed by atoms with Crippen molar-refractivity contribution in [2.24, 2.45) is 7.05 Å². The molecule has 0 unspecified atom stereocenters. The molecule has 0 aromatic carbocycles. The molecule has 0 bridgehead atoms. The number of aromatic nitrogens is 2. The van der Waals surface area contributed by atoms with E-state index in [1.165, 1.54) is 0 Å². The molecule has 1 rings (SSSR count). The van der Waals surface area contributed by atoms with Gasteiger partial charge in [-0.15, -0.1) is 0 Å². The number of rotatable bonds is 2. The Morgan fingerprint density at radius 2 is 2.50 bits per heavy atom. The van der Waals surface area contributed by atoms with Gasteiger partial charge in [0.1, 0.15) is 12.4 Å². The van der Waals surface area contributed by atoms with Crippen LogP contribution in [0.4, 0.5) is 5.82 Å². The number of aliphatic hydroxyl groups excluding tert-OH is 1. The van der Waals surface area contributed by atoms with Crippen LogP contribution >= 0.6 is 0 Å². The molecule has 0 aliphatic carbocycles. The first-order valence-electron chi connectivity index (χ1n) is 3.55. The standard InChI is InChI=1S/C7H11N3O2/c1-5-3-6(10(2)9-5)8-7(12)4-11/h3,11H,4H2,1-2H3,(H,8,12). The van der Waals surface area contributed by atoms with Gasteiger partial charge in [0, 0.05) is 13.1 Å². The summed E-state index contributed by atoms with van der Waals surface area (Å²) < 4.78 is 1.54. The molecule has 0 spiro atoms. The monoisotopic (exact) mass is 169 g/mol. The number of carbonyl (C=O) groups is 1. The Morgan fingerprint density at radius 1 is 1.83 bits per heavy atom. The van der Waals surface area contributed by atoms with E-state index < -0.39 is 12.5 Å². The summed E-state index contributed by atoms with van der Waals surface area (Å²) in [4.78, 5) is 10.7. The molecular weight excluding hydrogens is 158 g/mol. The zero-order chi connectivity index (χ0) is 9.14. The minimum atomic E-state index is -0.510. The number of anilines is 1. The van der Waals surface area contributed by atoms with Crippen LogP contribution in [-0.4, -0.2) is 27.4 Å². The Kier molecular flexibility index (Phi) is 2.44. The predicted molar refractivity (Wildman–Crippen MR) is 43.7 cm³/mol. The molecule has 1 heterocycles. The van der Waals surface area contributed by atoms with Gasteiger partial charge >= 0.3 is 0 Å². The fourth-order valence-corrected chi connectivity index (χ4v) is 0.910.